The van der Waals surface area contributed by atoms with Crippen molar-refractivity contribution in [3.05, 3.63) is 84.0 Å². The van der Waals surface area contributed by atoms with Crippen LogP contribution in [0.5, 0.6) is 0 Å². The SMILES string of the molecule is CO[C@H]1C[C@@H]2CC[C@@H](C)[C@@](O)(O2)C(=O)C(=O)N2CCCC[C@H]2C(=O)O[C@H]([C@H](N)C[C@@H]2CC[C@@H](OCCC(C)(C)Cc3cn(CCOCCOCCOCCOCCOCCOCCOCCOCCC(=O)NCCCCn4nc(-c5ccc6oc(N)nc6c5)c5c(N)ncnc54)nn3)[C@H](OC)C2)CC(=O)[C@H](C)/C=C(\C)[C@@H](O)[C@@H](O)C(=O)[C@H](C)C[C@H](C)/C=C/C=C/C=C/1C. The number of rotatable bonds is 44. The van der Waals surface area contributed by atoms with E-state index in [4.69, 9.17) is 88.3 Å². The highest BCUT2D eigenvalue weighted by Gasteiger charge is 2.53. The van der Waals surface area contributed by atoms with Crippen molar-refractivity contribution in [3.8, 4) is 11.3 Å². The van der Waals surface area contributed by atoms with Crippen molar-refractivity contribution >= 4 is 69.1 Å². The van der Waals surface area contributed by atoms with Crippen molar-refractivity contribution in [2.75, 3.05) is 151 Å². The molecule has 3 fully saturated rings. The molecule has 5 aromatic rings. The van der Waals surface area contributed by atoms with Crippen LogP contribution >= 0.6 is 0 Å². The van der Waals surface area contributed by atoms with Gasteiger partial charge in [0.05, 0.1) is 148 Å². The van der Waals surface area contributed by atoms with E-state index in [0.29, 0.717) is 223 Å². The minimum atomic E-state index is -2.49. The number of aryl methyl sites for hydroxylation is 1. The third-order valence-electron chi connectivity index (χ3n) is 24.2. The smallest absolute Gasteiger partial charge is 0.329 e. The summed E-state index contributed by atoms with van der Waals surface area (Å²) in [6.07, 6.45) is 15.6. The third kappa shape index (κ3) is 32.3. The lowest BCUT2D eigenvalue weighted by atomic mass is 9.80. The molecule has 10 N–H and O–H groups in total. The zero-order chi connectivity index (χ0) is 92.1. The van der Waals surface area contributed by atoms with Crippen LogP contribution < -0.4 is 22.5 Å². The van der Waals surface area contributed by atoms with Gasteiger partial charge in [-0.25, -0.2) is 24.1 Å². The summed E-state index contributed by atoms with van der Waals surface area (Å²) in [7, 11) is 3.21. The Hall–Kier alpha value is -8.28. The summed E-state index contributed by atoms with van der Waals surface area (Å²) in [6, 6.07) is 3.43. The highest BCUT2D eigenvalue weighted by atomic mass is 16.6. The fourth-order valence-corrected chi connectivity index (χ4v) is 16.6. The van der Waals surface area contributed by atoms with Crippen LogP contribution in [0.15, 0.2) is 82.7 Å². The first kappa shape index (κ1) is 103. The number of benzene rings is 1. The number of unbranched alkanes of at least 4 members (excludes halogenated alkanes) is 1. The Morgan fingerprint density at radius 2 is 1.41 bits per heavy atom. The number of aliphatic hydroxyl groups is 3. The summed E-state index contributed by atoms with van der Waals surface area (Å²) in [5, 5.41) is 51.9. The first-order chi connectivity index (χ1) is 61.6. The van der Waals surface area contributed by atoms with Gasteiger partial charge >= 0.3 is 5.97 Å². The van der Waals surface area contributed by atoms with Crippen molar-refractivity contribution in [1.82, 2.24) is 49.9 Å². The molecule has 0 radical (unpaired) electrons. The molecule has 1 aromatic carbocycles. The number of ketones is 3. The molecule has 9 rings (SSSR count). The molecule has 0 unspecified atom stereocenters. The number of oxazole rings is 1. The number of hydrogen-bond acceptors (Lipinski definition) is 32. The van der Waals surface area contributed by atoms with Crippen molar-refractivity contribution in [3.63, 3.8) is 0 Å². The molecule has 0 spiro atoms. The Morgan fingerprint density at radius 1 is 0.734 bits per heavy atom. The summed E-state index contributed by atoms with van der Waals surface area (Å²) >= 11 is 0. The standard InChI is InChI=1S/C92H141N13O23/c1-60-18-12-11-13-19-61(2)76(115-9)55-69-24-21-65(6)92(114,128-69)85(111)88(112)104-30-16-14-20-72(104)89(113)126-77(56-73(106)62(3)51-64(5)83(109)84(110)82(108)63(4)50-60)70(93)52-66-22-25-75(78(53-66)116-10)125-34-28-91(7,8)57-68-58-103(102-100-68)32-35-118-37-39-120-41-43-122-45-47-124-49-48-123-46-44-121-42-40-119-38-36-117-33-27-79(107)96-29-15-17-31-105-87-80(86(94)97-59-98-87)81(101-105)67-23-26-74-71(54-67)99-90(95)127-74/h11-13,18-19,23,26,51,54,58-60,62-63,65-66,69-70,72,75-78,83-84,109-110,114H,14-17,20-22,24-25,27-50,52-53,55-57,93H2,1-10H3,(H2,95,99)(H,96,107)(H2,94,97,98)/b13-11+,18-12+,61-19+,64-51+/t60-,62-,63-,65-,66+,69+,70-,72+,75-,76+,77+,78-,83-,84+,92-/m1/s1. The third-order valence-corrected chi connectivity index (χ3v) is 24.2. The number of methoxy groups -OCH3 is 2. The number of allylic oxidation sites excluding steroid dienone is 6. The van der Waals surface area contributed by atoms with Crippen molar-refractivity contribution in [1.29, 1.82) is 0 Å². The maximum atomic E-state index is 14.7. The summed E-state index contributed by atoms with van der Waals surface area (Å²) in [5.41, 5.74) is 24.0. The monoisotopic (exact) mass is 1800 g/mol. The second-order valence-electron chi connectivity index (χ2n) is 34.9. The fourth-order valence-electron chi connectivity index (χ4n) is 16.6. The number of piperidine rings is 1. The zero-order valence-corrected chi connectivity index (χ0v) is 76.6. The molecular weight excluding hydrogens is 1660 g/mol. The molecular formula is C92H141N13O23. The minimum Gasteiger partial charge on any atom is -0.459 e. The molecule has 36 nitrogen and oxygen atoms in total. The predicted octanol–water partition coefficient (Wildman–Crippen LogP) is 7.72. The normalized spacial score (nSPS) is 26.6. The molecule has 2 saturated heterocycles. The van der Waals surface area contributed by atoms with Gasteiger partial charge in [-0.1, -0.05) is 83.2 Å². The van der Waals surface area contributed by atoms with Gasteiger partial charge in [0.15, 0.2) is 17.0 Å². The molecule has 36 heteroatoms. The second-order valence-corrected chi connectivity index (χ2v) is 34.9. The number of Topliss-reactive ketones (excluding diaryl/α,β-unsaturated/α-hetero) is 3. The van der Waals surface area contributed by atoms with E-state index in [2.05, 4.69) is 44.4 Å². The van der Waals surface area contributed by atoms with E-state index in [0.717, 1.165) is 41.0 Å². The van der Waals surface area contributed by atoms with Gasteiger partial charge in [0, 0.05) is 95.3 Å². The number of aromatic nitrogens is 8. The van der Waals surface area contributed by atoms with Crippen molar-refractivity contribution in [2.24, 2.45) is 40.7 Å². The maximum Gasteiger partial charge on any atom is 0.329 e. The number of nitrogens with zero attached hydrogens (tertiary/aromatic N) is 9. The molecule has 1 aliphatic carbocycles. The van der Waals surface area contributed by atoms with Crippen LogP contribution in [0.4, 0.5) is 11.8 Å². The van der Waals surface area contributed by atoms with E-state index in [1.807, 2.05) is 62.6 Å². The number of cyclic esters (lactones) is 1. The van der Waals surface area contributed by atoms with Crippen LogP contribution in [0.25, 0.3) is 33.4 Å². The highest BCUT2D eigenvalue weighted by Crippen LogP contribution is 2.39. The number of anilines is 2. The summed E-state index contributed by atoms with van der Waals surface area (Å²) in [4.78, 5) is 98.2. The predicted molar refractivity (Wildman–Crippen MR) is 476 cm³/mol. The average molecular weight is 1800 g/mol. The number of nitrogens with one attached hydrogen (secondary N) is 1. The number of hydrogen-bond donors (Lipinski definition) is 7. The summed E-state index contributed by atoms with van der Waals surface area (Å²) < 4.78 is 85.1. The van der Waals surface area contributed by atoms with Crippen LogP contribution in [-0.4, -0.2) is 295 Å². The number of carbonyl (C=O) groups excluding carboxylic acids is 6. The lowest BCUT2D eigenvalue weighted by molar-refractivity contribution is -0.265. The summed E-state index contributed by atoms with van der Waals surface area (Å²) in [5.74, 6) is -8.70. The van der Waals surface area contributed by atoms with E-state index in [1.54, 1.807) is 50.4 Å². The van der Waals surface area contributed by atoms with Crippen molar-refractivity contribution < 1.29 is 110 Å². The van der Waals surface area contributed by atoms with E-state index in [-0.39, 0.29) is 85.8 Å². The quantitative estimate of drug-likeness (QED) is 0.00848. The Balaban J connectivity index is 0.594. The van der Waals surface area contributed by atoms with Crippen LogP contribution in [-0.2, 0) is 110 Å². The van der Waals surface area contributed by atoms with Gasteiger partial charge in [-0.2, -0.15) is 10.1 Å². The van der Waals surface area contributed by atoms with Crippen molar-refractivity contribution in [2.45, 2.75) is 238 Å². The zero-order valence-electron chi connectivity index (χ0n) is 76.6. The Labute approximate surface area is 751 Å². The van der Waals surface area contributed by atoms with Crippen LogP contribution in [0.2, 0.25) is 0 Å². The van der Waals surface area contributed by atoms with E-state index in [9.17, 15) is 44.1 Å². The molecule has 712 valence electrons. The van der Waals surface area contributed by atoms with Crippen LogP contribution in [0, 0.1) is 35.0 Å². The van der Waals surface area contributed by atoms with Gasteiger partial charge in [0.1, 0.15) is 53.5 Å². The first-order valence-corrected chi connectivity index (χ1v) is 45.5. The topological polar surface area (TPSA) is 477 Å². The van der Waals surface area contributed by atoms with Crippen LogP contribution in [0.1, 0.15) is 164 Å². The van der Waals surface area contributed by atoms with Gasteiger partial charge in [0.25, 0.3) is 17.7 Å². The molecule has 1 saturated carbocycles. The second kappa shape index (κ2) is 53.3. The number of nitrogens with two attached hydrogens (primary N) is 3. The van der Waals surface area contributed by atoms with E-state index < -0.39 is 95.4 Å². The molecule has 4 aliphatic rings. The molecule has 15 atom stereocenters. The molecule has 7 heterocycles. The Kier molecular flexibility index (Phi) is 43.1. The number of carbonyl (C=O) groups is 6. The number of nitrogen functional groups attached to an aromatic ring is 2. The van der Waals surface area contributed by atoms with Gasteiger partial charge in [0.2, 0.25) is 11.7 Å². The summed E-state index contributed by atoms with van der Waals surface area (Å²) in [6.45, 7) is 23.3. The number of aliphatic hydroxyl groups excluding tert-OH is 2. The Bertz CT molecular complexity index is 4400. The molecule has 128 heavy (non-hydrogen) atoms. The number of amides is 2. The molecule has 4 aromatic heterocycles. The molecule has 3 aliphatic heterocycles. The minimum absolute atomic E-state index is 0.0232. The first-order valence-electron chi connectivity index (χ1n) is 45.5. The number of ether oxygens (including phenoxy) is 13. The van der Waals surface area contributed by atoms with Gasteiger partial charge in [-0.05, 0) is 150 Å². The highest BCUT2D eigenvalue weighted by molar-refractivity contribution is 6.39. The number of esters is 1. The van der Waals surface area contributed by atoms with Crippen LogP contribution in [0.3, 0.4) is 0 Å². The van der Waals surface area contributed by atoms with E-state index in [1.165, 1.54) is 19.3 Å². The fraction of sp³-hybridized carbons (Fsp3) is 0.696. The van der Waals surface area contributed by atoms with Gasteiger partial charge in [-0.3, -0.25) is 24.0 Å². The molecule has 2 amide bonds. The largest absolute Gasteiger partial charge is 0.459 e. The molecule has 2 bridgehead atoms. The average Bonchev–Trinajstić information content (AvgIpc) is 1.09. The van der Waals surface area contributed by atoms with E-state index >= 15 is 0 Å². The van der Waals surface area contributed by atoms with Gasteiger partial charge in [-0.15, -0.1) is 5.10 Å². The number of fused-ring (bicyclic) bond motifs is 5. The Morgan fingerprint density at radius 3 is 2.08 bits per heavy atom. The van der Waals surface area contributed by atoms with Gasteiger partial charge < -0.3 is 109 Å². The lowest BCUT2D eigenvalue weighted by Crippen LogP contribution is -2.61. The maximum absolute atomic E-state index is 14.7. The lowest BCUT2D eigenvalue weighted by Gasteiger charge is -2.42.